The predicted molar refractivity (Wildman–Crippen MR) is 251 cm³/mol. The van der Waals surface area contributed by atoms with E-state index in [2.05, 4.69) is 236 Å². The highest BCUT2D eigenvalue weighted by Crippen LogP contribution is 2.57. The van der Waals surface area contributed by atoms with E-state index < -0.39 is 0 Å². The number of hydrogen-bond donors (Lipinski definition) is 0. The zero-order valence-electron chi connectivity index (χ0n) is 33.7. The molecule has 0 spiro atoms. The summed E-state index contributed by atoms with van der Waals surface area (Å²) in [4.78, 5) is 4.75. The third-order valence-corrected chi connectivity index (χ3v) is 12.6. The fourth-order valence-electron chi connectivity index (χ4n) is 9.99. The van der Waals surface area contributed by atoms with Gasteiger partial charge < -0.3 is 9.80 Å². The lowest BCUT2D eigenvalue weighted by molar-refractivity contribution is 0.483. The summed E-state index contributed by atoms with van der Waals surface area (Å²) in [6, 6.07) is 71.1. The van der Waals surface area contributed by atoms with Crippen LogP contribution in [-0.4, -0.2) is 0 Å². The summed E-state index contributed by atoms with van der Waals surface area (Å²) in [5.41, 5.74) is 16.6. The summed E-state index contributed by atoms with van der Waals surface area (Å²) in [6.07, 6.45) is 9.30. The zero-order valence-corrected chi connectivity index (χ0v) is 33.7. The molecule has 0 heterocycles. The van der Waals surface area contributed by atoms with Crippen LogP contribution in [0.4, 0.5) is 34.1 Å². The second-order valence-corrected chi connectivity index (χ2v) is 16.0. The van der Waals surface area contributed by atoms with Crippen molar-refractivity contribution in [3.8, 4) is 0 Å². The second kappa shape index (κ2) is 15.8. The number of rotatable bonds is 9. The fraction of sp³-hybridized carbons (Fsp3) is 0.123. The molecule has 0 N–H and O–H groups in total. The Morgan fingerprint density at radius 2 is 1.05 bits per heavy atom. The molecule has 0 fully saturated rings. The van der Waals surface area contributed by atoms with Crippen molar-refractivity contribution in [3.05, 3.63) is 239 Å². The summed E-state index contributed by atoms with van der Waals surface area (Å²) in [5, 5.41) is 2.77. The number of benzene rings is 8. The summed E-state index contributed by atoms with van der Waals surface area (Å²) in [6.45, 7) is 4.67. The monoisotopic (exact) mass is 760 g/mol. The number of para-hydroxylation sites is 4. The van der Waals surface area contributed by atoms with Crippen LogP contribution in [0.5, 0.6) is 0 Å². The third kappa shape index (κ3) is 6.75. The van der Waals surface area contributed by atoms with Crippen LogP contribution in [0.1, 0.15) is 71.4 Å². The van der Waals surface area contributed by atoms with Crippen molar-refractivity contribution in [3.63, 3.8) is 0 Å². The standard InChI is InChI=1S/C57H48N2/c1-3-41-33-34-49(58(45-22-8-4-9-23-45)46-24-10-5-11-25-46)39-44(41)37-40(2)55-54-32-17-20-42-19-16-30-52(56(42)54)53-31-18-21-43-38-50(35-36-51(43)57(53)55)59(47-26-12-6-13-27-47)48-28-14-7-15-29-48/h4-30,32-39,53,55,57H,3,31H2,1-2H3. The number of nitrogens with zero attached hydrogens (tertiary/aromatic N) is 2. The highest BCUT2D eigenvalue weighted by atomic mass is 15.1. The molecule has 2 aliphatic rings. The van der Waals surface area contributed by atoms with E-state index in [1.807, 2.05) is 0 Å². The Balaban J connectivity index is 1.13. The molecule has 8 aromatic carbocycles. The van der Waals surface area contributed by atoms with Gasteiger partial charge in [-0.1, -0.05) is 152 Å². The van der Waals surface area contributed by atoms with Gasteiger partial charge in [0.2, 0.25) is 0 Å². The molecular weight excluding hydrogens is 713 g/mol. The quantitative estimate of drug-likeness (QED) is 0.145. The van der Waals surface area contributed by atoms with Crippen molar-refractivity contribution in [2.45, 2.75) is 44.4 Å². The van der Waals surface area contributed by atoms with Crippen molar-refractivity contribution >= 4 is 57.0 Å². The Kier molecular flexibility index (Phi) is 9.76. The van der Waals surface area contributed by atoms with Gasteiger partial charge >= 0.3 is 0 Å². The van der Waals surface area contributed by atoms with Gasteiger partial charge in [-0.15, -0.1) is 0 Å². The molecule has 286 valence electrons. The number of allylic oxidation sites excluding steroid dienone is 2. The Morgan fingerprint density at radius 1 is 0.525 bits per heavy atom. The molecule has 0 amide bonds. The van der Waals surface area contributed by atoms with E-state index in [1.165, 1.54) is 49.7 Å². The van der Waals surface area contributed by atoms with E-state index >= 15 is 0 Å². The summed E-state index contributed by atoms with van der Waals surface area (Å²) >= 11 is 0. The summed E-state index contributed by atoms with van der Waals surface area (Å²) in [7, 11) is 0. The largest absolute Gasteiger partial charge is 0.310 e. The molecule has 0 saturated heterocycles. The first-order valence-corrected chi connectivity index (χ1v) is 21.1. The van der Waals surface area contributed by atoms with E-state index in [0.29, 0.717) is 5.92 Å². The van der Waals surface area contributed by atoms with Gasteiger partial charge in [-0.3, -0.25) is 0 Å². The molecule has 2 nitrogen and oxygen atoms in total. The van der Waals surface area contributed by atoms with Crippen LogP contribution in [-0.2, 0) is 6.42 Å². The van der Waals surface area contributed by atoms with Crippen LogP contribution < -0.4 is 9.80 Å². The van der Waals surface area contributed by atoms with E-state index in [0.717, 1.165) is 47.0 Å². The first-order chi connectivity index (χ1) is 29.2. The lowest BCUT2D eigenvalue weighted by atomic mass is 9.62. The Labute approximate surface area is 349 Å². The van der Waals surface area contributed by atoms with Crippen LogP contribution in [0.25, 0.3) is 22.9 Å². The highest BCUT2D eigenvalue weighted by molar-refractivity contribution is 5.92. The van der Waals surface area contributed by atoms with Gasteiger partial charge in [0, 0.05) is 46.0 Å². The minimum Gasteiger partial charge on any atom is -0.310 e. The normalized spacial score (nSPS) is 16.8. The van der Waals surface area contributed by atoms with E-state index in [9.17, 15) is 0 Å². The average Bonchev–Trinajstić information content (AvgIpc) is 3.48. The molecule has 8 aromatic rings. The Bertz CT molecular complexity index is 2720. The molecule has 0 radical (unpaired) electrons. The lowest BCUT2D eigenvalue weighted by Gasteiger charge is -2.41. The molecule has 10 rings (SSSR count). The predicted octanol–water partition coefficient (Wildman–Crippen LogP) is 15.8. The van der Waals surface area contributed by atoms with Crippen LogP contribution >= 0.6 is 0 Å². The van der Waals surface area contributed by atoms with Crippen LogP contribution in [0.2, 0.25) is 0 Å². The van der Waals surface area contributed by atoms with Crippen LogP contribution in [0.3, 0.4) is 0 Å². The minimum atomic E-state index is 0.190. The van der Waals surface area contributed by atoms with Crippen LogP contribution in [0, 0.1) is 0 Å². The van der Waals surface area contributed by atoms with E-state index in [-0.39, 0.29) is 11.8 Å². The molecule has 3 atom stereocenters. The number of hydrogen-bond acceptors (Lipinski definition) is 2. The Morgan fingerprint density at radius 3 is 1.61 bits per heavy atom. The molecule has 59 heavy (non-hydrogen) atoms. The molecule has 0 aromatic heterocycles. The molecular formula is C57H48N2. The zero-order chi connectivity index (χ0) is 39.7. The smallest absolute Gasteiger partial charge is 0.0467 e. The van der Waals surface area contributed by atoms with Crippen molar-refractivity contribution in [2.24, 2.45) is 0 Å². The van der Waals surface area contributed by atoms with Crippen molar-refractivity contribution in [1.29, 1.82) is 0 Å². The lowest BCUT2D eigenvalue weighted by Crippen LogP contribution is -2.25. The first-order valence-electron chi connectivity index (χ1n) is 21.1. The first kappa shape index (κ1) is 36.4. The van der Waals surface area contributed by atoms with Crippen molar-refractivity contribution in [2.75, 3.05) is 9.80 Å². The number of aryl methyl sites for hydroxylation is 1. The summed E-state index contributed by atoms with van der Waals surface area (Å²) in [5.74, 6) is 0.787. The Hall–Kier alpha value is -6.90. The van der Waals surface area contributed by atoms with Gasteiger partial charge in [0.1, 0.15) is 0 Å². The maximum atomic E-state index is 2.52. The van der Waals surface area contributed by atoms with Gasteiger partial charge in [0.15, 0.2) is 0 Å². The topological polar surface area (TPSA) is 6.48 Å². The summed E-state index contributed by atoms with van der Waals surface area (Å²) < 4.78 is 0. The van der Waals surface area contributed by atoms with Gasteiger partial charge in [-0.05, 0) is 143 Å². The molecule has 2 aliphatic carbocycles. The third-order valence-electron chi connectivity index (χ3n) is 12.6. The fourth-order valence-corrected chi connectivity index (χ4v) is 9.99. The minimum absolute atomic E-state index is 0.190. The molecule has 0 saturated carbocycles. The number of fused-ring (bicyclic) bond motifs is 4. The molecule has 0 bridgehead atoms. The van der Waals surface area contributed by atoms with E-state index in [4.69, 9.17) is 0 Å². The molecule has 0 aliphatic heterocycles. The van der Waals surface area contributed by atoms with E-state index in [1.54, 1.807) is 0 Å². The van der Waals surface area contributed by atoms with Crippen LogP contribution in [0.15, 0.2) is 206 Å². The molecule has 2 heteroatoms. The SMILES string of the molecule is CCc1ccc(N(c2ccccc2)c2ccccc2)cc1C=C(C)C1c2cccc3cccc(c23)C2CC=Cc3cc(N(c4ccccc4)c4ccccc4)ccc3C21. The van der Waals surface area contributed by atoms with Gasteiger partial charge in [0.25, 0.3) is 0 Å². The van der Waals surface area contributed by atoms with Gasteiger partial charge in [-0.2, -0.15) is 0 Å². The maximum absolute atomic E-state index is 2.52. The van der Waals surface area contributed by atoms with Crippen molar-refractivity contribution in [1.82, 2.24) is 0 Å². The maximum Gasteiger partial charge on any atom is 0.0467 e. The van der Waals surface area contributed by atoms with Gasteiger partial charge in [-0.25, -0.2) is 0 Å². The average molecular weight is 761 g/mol. The van der Waals surface area contributed by atoms with Crippen molar-refractivity contribution < 1.29 is 0 Å². The second-order valence-electron chi connectivity index (χ2n) is 16.0. The highest BCUT2D eigenvalue weighted by Gasteiger charge is 2.41. The molecule has 3 unspecified atom stereocenters. The van der Waals surface area contributed by atoms with Gasteiger partial charge in [0.05, 0.1) is 0 Å². The number of anilines is 6.